The van der Waals surface area contributed by atoms with E-state index in [1.807, 2.05) is 24.4 Å². The van der Waals surface area contributed by atoms with Crippen LogP contribution in [0, 0.1) is 0 Å². The Balaban J connectivity index is 1.44. The van der Waals surface area contributed by atoms with Crippen molar-refractivity contribution in [1.82, 2.24) is 19.9 Å². The minimum absolute atomic E-state index is 0.425. The van der Waals surface area contributed by atoms with Gasteiger partial charge in [-0.2, -0.15) is 0 Å². The molecule has 1 aliphatic rings. The second-order valence-electron chi connectivity index (χ2n) is 7.90. The van der Waals surface area contributed by atoms with Crippen LogP contribution in [0.25, 0.3) is 22.3 Å². The standard InChI is InChI=1S/C25H25N5/c1-29(21-13-15-30(18-21)17-19-8-3-2-4-9-19)25-22-11-5-6-12-23(22)27-24(28-25)20-10-7-14-26-16-20/h2-12,14,16,21H,13,15,17-18H2,1H3. The zero-order chi connectivity index (χ0) is 20.3. The molecule has 0 spiro atoms. The van der Waals surface area contributed by atoms with Gasteiger partial charge in [-0.05, 0) is 36.2 Å². The Kier molecular flexibility index (Phi) is 5.11. The highest BCUT2D eigenvalue weighted by Gasteiger charge is 2.27. The van der Waals surface area contributed by atoms with Crippen LogP contribution in [0.15, 0.2) is 79.1 Å². The number of pyridine rings is 1. The van der Waals surface area contributed by atoms with Crippen molar-refractivity contribution in [3.8, 4) is 11.4 Å². The van der Waals surface area contributed by atoms with Gasteiger partial charge in [0.25, 0.3) is 0 Å². The second-order valence-corrected chi connectivity index (χ2v) is 7.90. The molecule has 1 aliphatic heterocycles. The van der Waals surface area contributed by atoms with Gasteiger partial charge in [0.1, 0.15) is 5.82 Å². The van der Waals surface area contributed by atoms with Crippen LogP contribution in [-0.4, -0.2) is 46.0 Å². The van der Waals surface area contributed by atoms with Gasteiger partial charge in [-0.3, -0.25) is 9.88 Å². The lowest BCUT2D eigenvalue weighted by Crippen LogP contribution is -2.35. The number of aromatic nitrogens is 3. The van der Waals surface area contributed by atoms with Crippen molar-refractivity contribution >= 4 is 16.7 Å². The average Bonchev–Trinajstić information content (AvgIpc) is 3.27. The van der Waals surface area contributed by atoms with E-state index in [-0.39, 0.29) is 0 Å². The summed E-state index contributed by atoms with van der Waals surface area (Å²) < 4.78 is 0. The lowest BCUT2D eigenvalue weighted by atomic mass is 10.1. The van der Waals surface area contributed by atoms with E-state index in [0.717, 1.165) is 54.2 Å². The van der Waals surface area contributed by atoms with Crippen molar-refractivity contribution in [1.29, 1.82) is 0 Å². The zero-order valence-corrected chi connectivity index (χ0v) is 17.1. The Bertz CT molecular complexity index is 1130. The number of likely N-dealkylation sites (tertiary alicyclic amines) is 1. The number of nitrogens with zero attached hydrogens (tertiary/aromatic N) is 5. The van der Waals surface area contributed by atoms with Crippen molar-refractivity contribution in [2.45, 2.75) is 19.0 Å². The molecule has 5 heteroatoms. The van der Waals surface area contributed by atoms with E-state index < -0.39 is 0 Å². The summed E-state index contributed by atoms with van der Waals surface area (Å²) in [7, 11) is 2.17. The van der Waals surface area contributed by atoms with E-state index in [4.69, 9.17) is 9.97 Å². The minimum atomic E-state index is 0.425. The van der Waals surface area contributed by atoms with E-state index >= 15 is 0 Å². The van der Waals surface area contributed by atoms with Crippen LogP contribution in [0.3, 0.4) is 0 Å². The van der Waals surface area contributed by atoms with Crippen LogP contribution in [0.1, 0.15) is 12.0 Å². The molecule has 1 saturated heterocycles. The van der Waals surface area contributed by atoms with Gasteiger partial charge in [-0.1, -0.05) is 42.5 Å². The average molecular weight is 396 g/mol. The van der Waals surface area contributed by atoms with E-state index in [1.54, 1.807) is 6.20 Å². The normalized spacial score (nSPS) is 16.8. The van der Waals surface area contributed by atoms with E-state index in [0.29, 0.717) is 6.04 Å². The predicted octanol–water partition coefficient (Wildman–Crippen LogP) is 4.40. The highest BCUT2D eigenvalue weighted by atomic mass is 15.3. The third kappa shape index (κ3) is 3.76. The van der Waals surface area contributed by atoms with Crippen molar-refractivity contribution in [3.05, 3.63) is 84.7 Å². The molecule has 0 amide bonds. The third-order valence-electron chi connectivity index (χ3n) is 5.88. The number of benzene rings is 2. The van der Waals surface area contributed by atoms with Gasteiger partial charge in [0.15, 0.2) is 5.82 Å². The maximum absolute atomic E-state index is 4.98. The monoisotopic (exact) mass is 395 g/mol. The Morgan fingerprint density at radius 2 is 1.80 bits per heavy atom. The van der Waals surface area contributed by atoms with Crippen LogP contribution < -0.4 is 4.90 Å². The summed E-state index contributed by atoms with van der Waals surface area (Å²) in [4.78, 5) is 18.9. The number of rotatable bonds is 5. The number of para-hydroxylation sites is 1. The molecule has 0 bridgehead atoms. The summed E-state index contributed by atoms with van der Waals surface area (Å²) in [5.41, 5.74) is 3.27. The first-order valence-electron chi connectivity index (χ1n) is 10.4. The second kappa shape index (κ2) is 8.20. The van der Waals surface area contributed by atoms with Crippen LogP contribution in [0.4, 0.5) is 5.82 Å². The van der Waals surface area contributed by atoms with E-state index in [1.165, 1.54) is 5.56 Å². The zero-order valence-electron chi connectivity index (χ0n) is 17.1. The number of hydrogen-bond acceptors (Lipinski definition) is 5. The lowest BCUT2D eigenvalue weighted by Gasteiger charge is -2.27. The van der Waals surface area contributed by atoms with Gasteiger partial charge in [-0.25, -0.2) is 9.97 Å². The van der Waals surface area contributed by atoms with Gasteiger partial charge in [-0.15, -0.1) is 0 Å². The van der Waals surface area contributed by atoms with E-state index in [9.17, 15) is 0 Å². The van der Waals surface area contributed by atoms with Gasteiger partial charge < -0.3 is 4.90 Å². The predicted molar refractivity (Wildman–Crippen MR) is 121 cm³/mol. The number of hydrogen-bond donors (Lipinski definition) is 0. The van der Waals surface area contributed by atoms with Gasteiger partial charge in [0, 0.05) is 56.1 Å². The van der Waals surface area contributed by atoms with E-state index in [2.05, 4.69) is 70.4 Å². The molecule has 3 heterocycles. The van der Waals surface area contributed by atoms with Crippen LogP contribution >= 0.6 is 0 Å². The fraction of sp³-hybridized carbons (Fsp3) is 0.240. The maximum atomic E-state index is 4.98. The molecule has 30 heavy (non-hydrogen) atoms. The maximum Gasteiger partial charge on any atom is 0.163 e. The molecule has 1 fully saturated rings. The van der Waals surface area contributed by atoms with Crippen molar-refractivity contribution in [2.24, 2.45) is 0 Å². The van der Waals surface area contributed by atoms with Crippen molar-refractivity contribution < 1.29 is 0 Å². The first-order valence-corrected chi connectivity index (χ1v) is 10.4. The Morgan fingerprint density at radius 1 is 0.967 bits per heavy atom. The summed E-state index contributed by atoms with van der Waals surface area (Å²) in [6.45, 7) is 3.13. The molecule has 0 N–H and O–H groups in total. The molecule has 4 aromatic rings. The van der Waals surface area contributed by atoms with Crippen molar-refractivity contribution in [3.63, 3.8) is 0 Å². The van der Waals surface area contributed by atoms with Crippen molar-refractivity contribution in [2.75, 3.05) is 25.0 Å². The molecular weight excluding hydrogens is 370 g/mol. The fourth-order valence-corrected chi connectivity index (χ4v) is 4.24. The van der Waals surface area contributed by atoms with Gasteiger partial charge in [0.2, 0.25) is 0 Å². The summed E-state index contributed by atoms with van der Waals surface area (Å²) in [5.74, 6) is 1.72. The Morgan fingerprint density at radius 3 is 2.63 bits per heavy atom. The largest absolute Gasteiger partial charge is 0.355 e. The van der Waals surface area contributed by atoms with Crippen LogP contribution in [-0.2, 0) is 6.54 Å². The lowest BCUT2D eigenvalue weighted by molar-refractivity contribution is 0.326. The number of anilines is 1. The summed E-state index contributed by atoms with van der Waals surface area (Å²) in [5, 5.41) is 1.09. The molecule has 2 aromatic carbocycles. The molecule has 5 nitrogen and oxygen atoms in total. The molecule has 1 atom stereocenters. The number of likely N-dealkylation sites (N-methyl/N-ethyl adjacent to an activating group) is 1. The molecule has 0 aliphatic carbocycles. The highest BCUT2D eigenvalue weighted by molar-refractivity contribution is 5.91. The van der Waals surface area contributed by atoms with Gasteiger partial charge in [0.05, 0.1) is 5.52 Å². The minimum Gasteiger partial charge on any atom is -0.355 e. The molecule has 1 unspecified atom stereocenters. The number of fused-ring (bicyclic) bond motifs is 1. The quantitative estimate of drug-likeness (QED) is 0.501. The van der Waals surface area contributed by atoms with Crippen LogP contribution in [0.5, 0.6) is 0 Å². The summed E-state index contributed by atoms with van der Waals surface area (Å²) >= 11 is 0. The Labute approximate surface area is 177 Å². The molecule has 0 radical (unpaired) electrons. The Hall–Kier alpha value is -3.31. The molecule has 150 valence electrons. The smallest absolute Gasteiger partial charge is 0.163 e. The third-order valence-corrected chi connectivity index (χ3v) is 5.88. The SMILES string of the molecule is CN(c1nc(-c2cccnc2)nc2ccccc12)C1CCN(Cc2ccccc2)C1. The molecule has 0 saturated carbocycles. The summed E-state index contributed by atoms with van der Waals surface area (Å²) in [6.07, 6.45) is 4.73. The topological polar surface area (TPSA) is 45.2 Å². The molecular formula is C25H25N5. The summed E-state index contributed by atoms with van der Waals surface area (Å²) in [6, 6.07) is 23.3. The molecule has 2 aromatic heterocycles. The van der Waals surface area contributed by atoms with Gasteiger partial charge >= 0.3 is 0 Å². The molecule has 5 rings (SSSR count). The van der Waals surface area contributed by atoms with Crippen LogP contribution in [0.2, 0.25) is 0 Å². The highest BCUT2D eigenvalue weighted by Crippen LogP contribution is 2.30. The first kappa shape index (κ1) is 18.7. The first-order chi connectivity index (χ1) is 14.8. The fourth-order valence-electron chi connectivity index (χ4n) is 4.24.